The molecule has 0 fully saturated rings. The summed E-state index contributed by atoms with van der Waals surface area (Å²) in [7, 11) is 0. The lowest BCUT2D eigenvalue weighted by Gasteiger charge is -2.35. The standard InChI is InChI=1S/C24H27FN2O7/c25-12-1-2-14-33-17-10-8-16(9-11-17)23(30)26-18-5-3-6-19-22(18)34-20(24(31)32)15-27(19)13-4-7-21(28)29/h3,5-6,8-11,20H,1-2,4,7,12-15H2,(H,26,30)(H,28,29)(H,31,32). The summed E-state index contributed by atoms with van der Waals surface area (Å²) in [6, 6.07) is 11.5. The number of carboxylic acids is 2. The summed E-state index contributed by atoms with van der Waals surface area (Å²) in [6.07, 6.45) is 0.159. The van der Waals surface area contributed by atoms with Gasteiger partial charge in [-0.05, 0) is 55.7 Å². The van der Waals surface area contributed by atoms with Gasteiger partial charge in [0.1, 0.15) is 5.75 Å². The van der Waals surface area contributed by atoms with Crippen molar-refractivity contribution < 1.29 is 38.5 Å². The molecule has 0 bridgehead atoms. The molecule has 1 amide bonds. The predicted octanol–water partition coefficient (Wildman–Crippen LogP) is 3.58. The first-order valence-corrected chi connectivity index (χ1v) is 11.0. The van der Waals surface area contributed by atoms with E-state index in [0.717, 1.165) is 0 Å². The van der Waals surface area contributed by atoms with Gasteiger partial charge < -0.3 is 29.9 Å². The van der Waals surface area contributed by atoms with Crippen LogP contribution in [-0.2, 0) is 9.59 Å². The normalized spacial score (nSPS) is 14.6. The fourth-order valence-electron chi connectivity index (χ4n) is 3.52. The van der Waals surface area contributed by atoms with Crippen LogP contribution in [-0.4, -0.2) is 60.5 Å². The summed E-state index contributed by atoms with van der Waals surface area (Å²) in [5.41, 5.74) is 1.25. The van der Waals surface area contributed by atoms with Gasteiger partial charge in [-0.2, -0.15) is 0 Å². The summed E-state index contributed by atoms with van der Waals surface area (Å²) < 4.78 is 23.3. The van der Waals surface area contributed by atoms with E-state index in [0.29, 0.717) is 55.1 Å². The van der Waals surface area contributed by atoms with Crippen LogP contribution in [0.4, 0.5) is 15.8 Å². The molecule has 1 aliphatic heterocycles. The second-order valence-electron chi connectivity index (χ2n) is 7.76. The van der Waals surface area contributed by atoms with E-state index in [1.54, 1.807) is 47.4 Å². The molecule has 0 saturated carbocycles. The predicted molar refractivity (Wildman–Crippen MR) is 123 cm³/mol. The number of aliphatic carboxylic acids is 2. The van der Waals surface area contributed by atoms with Gasteiger partial charge in [-0.15, -0.1) is 0 Å². The van der Waals surface area contributed by atoms with Crippen molar-refractivity contribution in [3.63, 3.8) is 0 Å². The molecule has 34 heavy (non-hydrogen) atoms. The van der Waals surface area contributed by atoms with E-state index in [-0.39, 0.29) is 25.4 Å². The number of amides is 1. The summed E-state index contributed by atoms with van der Waals surface area (Å²) in [5.74, 6) is -1.72. The number of nitrogens with zero attached hydrogens (tertiary/aromatic N) is 1. The molecule has 1 atom stereocenters. The molecule has 3 rings (SSSR count). The topological polar surface area (TPSA) is 125 Å². The number of fused-ring (bicyclic) bond motifs is 1. The number of benzene rings is 2. The summed E-state index contributed by atoms with van der Waals surface area (Å²) in [6.45, 7) is 0.391. The Morgan fingerprint density at radius 3 is 2.53 bits per heavy atom. The molecule has 9 nitrogen and oxygen atoms in total. The minimum atomic E-state index is -1.16. The van der Waals surface area contributed by atoms with Crippen LogP contribution in [0.3, 0.4) is 0 Å². The third-order valence-corrected chi connectivity index (χ3v) is 5.24. The number of nitrogens with one attached hydrogen (secondary N) is 1. The van der Waals surface area contributed by atoms with Crippen LogP contribution < -0.4 is 19.7 Å². The van der Waals surface area contributed by atoms with Crippen molar-refractivity contribution in [1.82, 2.24) is 0 Å². The number of rotatable bonds is 12. The molecular weight excluding hydrogens is 447 g/mol. The van der Waals surface area contributed by atoms with Crippen LogP contribution in [0.15, 0.2) is 42.5 Å². The monoisotopic (exact) mass is 474 g/mol. The smallest absolute Gasteiger partial charge is 0.346 e. The van der Waals surface area contributed by atoms with Crippen molar-refractivity contribution in [2.75, 3.05) is 36.6 Å². The highest BCUT2D eigenvalue weighted by molar-refractivity contribution is 6.05. The van der Waals surface area contributed by atoms with Crippen LogP contribution in [0.5, 0.6) is 11.5 Å². The number of unbranched alkanes of at least 4 members (excludes halogenated alkanes) is 1. The van der Waals surface area contributed by atoms with E-state index in [1.165, 1.54) is 0 Å². The van der Waals surface area contributed by atoms with E-state index < -0.39 is 23.9 Å². The zero-order valence-electron chi connectivity index (χ0n) is 18.5. The largest absolute Gasteiger partial charge is 0.494 e. The molecular formula is C24H27FN2O7. The van der Waals surface area contributed by atoms with Crippen molar-refractivity contribution in [2.24, 2.45) is 0 Å². The number of hydrogen-bond acceptors (Lipinski definition) is 6. The van der Waals surface area contributed by atoms with E-state index in [2.05, 4.69) is 5.32 Å². The average molecular weight is 474 g/mol. The number of carbonyl (C=O) groups is 3. The Morgan fingerprint density at radius 1 is 1.09 bits per heavy atom. The Morgan fingerprint density at radius 2 is 1.85 bits per heavy atom. The van der Waals surface area contributed by atoms with Crippen LogP contribution in [0, 0.1) is 0 Å². The highest BCUT2D eigenvalue weighted by atomic mass is 19.1. The third kappa shape index (κ3) is 6.60. The first kappa shape index (κ1) is 24.8. The zero-order chi connectivity index (χ0) is 24.5. The lowest BCUT2D eigenvalue weighted by Crippen LogP contribution is -2.45. The number of carbonyl (C=O) groups excluding carboxylic acids is 1. The molecule has 3 N–H and O–H groups in total. The molecule has 1 heterocycles. The quantitative estimate of drug-likeness (QED) is 0.399. The molecule has 1 unspecified atom stereocenters. The van der Waals surface area contributed by atoms with Gasteiger partial charge in [-0.1, -0.05) is 6.07 Å². The molecule has 1 aliphatic rings. The van der Waals surface area contributed by atoms with E-state index >= 15 is 0 Å². The number of ether oxygens (including phenoxy) is 2. The molecule has 0 spiro atoms. The van der Waals surface area contributed by atoms with Gasteiger partial charge in [0.05, 0.1) is 31.2 Å². The number of hydrogen-bond donors (Lipinski definition) is 3. The molecule has 0 radical (unpaired) electrons. The fraction of sp³-hybridized carbons (Fsp3) is 0.375. The molecule has 0 saturated heterocycles. The molecule has 182 valence electrons. The summed E-state index contributed by atoms with van der Waals surface area (Å²) >= 11 is 0. The Hall–Kier alpha value is -3.82. The minimum absolute atomic E-state index is 0.0452. The number of alkyl halides is 1. The Labute approximate surface area is 196 Å². The van der Waals surface area contributed by atoms with Crippen molar-refractivity contribution in [2.45, 2.75) is 31.8 Å². The van der Waals surface area contributed by atoms with E-state index in [1.807, 2.05) is 0 Å². The lowest BCUT2D eigenvalue weighted by atomic mass is 10.1. The Bertz CT molecular complexity index is 1010. The second-order valence-corrected chi connectivity index (χ2v) is 7.76. The van der Waals surface area contributed by atoms with Crippen LogP contribution in [0.25, 0.3) is 0 Å². The van der Waals surface area contributed by atoms with Gasteiger partial charge in [0.2, 0.25) is 6.10 Å². The van der Waals surface area contributed by atoms with Crippen LogP contribution in [0.2, 0.25) is 0 Å². The SMILES string of the molecule is O=C(O)CCCN1CC(C(=O)O)Oc2c(NC(=O)c3ccc(OCCCCF)cc3)cccc21. The fourth-order valence-corrected chi connectivity index (χ4v) is 3.52. The van der Waals surface area contributed by atoms with Crippen molar-refractivity contribution >= 4 is 29.2 Å². The van der Waals surface area contributed by atoms with Gasteiger partial charge in [0.25, 0.3) is 5.91 Å². The third-order valence-electron chi connectivity index (χ3n) is 5.24. The highest BCUT2D eigenvalue weighted by Gasteiger charge is 2.32. The van der Waals surface area contributed by atoms with Crippen LogP contribution in [0.1, 0.15) is 36.0 Å². The maximum Gasteiger partial charge on any atom is 0.346 e. The Kier molecular flexibility index (Phi) is 8.66. The van der Waals surface area contributed by atoms with Crippen molar-refractivity contribution in [3.8, 4) is 11.5 Å². The maximum absolute atomic E-state index is 12.8. The van der Waals surface area contributed by atoms with E-state index in [9.17, 15) is 23.9 Å². The van der Waals surface area contributed by atoms with Gasteiger partial charge in [0.15, 0.2) is 5.75 Å². The number of carboxylic acid groups (broad SMARTS) is 2. The first-order valence-electron chi connectivity index (χ1n) is 11.0. The zero-order valence-corrected chi connectivity index (χ0v) is 18.5. The molecule has 0 aliphatic carbocycles. The highest BCUT2D eigenvalue weighted by Crippen LogP contribution is 2.40. The summed E-state index contributed by atoms with van der Waals surface area (Å²) in [5, 5.41) is 21.2. The summed E-state index contributed by atoms with van der Waals surface area (Å²) in [4.78, 5) is 37.1. The van der Waals surface area contributed by atoms with Gasteiger partial charge >= 0.3 is 11.9 Å². The van der Waals surface area contributed by atoms with E-state index in [4.69, 9.17) is 14.6 Å². The van der Waals surface area contributed by atoms with Gasteiger partial charge in [0, 0.05) is 18.5 Å². The average Bonchev–Trinajstić information content (AvgIpc) is 2.82. The molecule has 0 aromatic heterocycles. The second kappa shape index (κ2) is 11.9. The maximum atomic E-state index is 12.8. The first-order chi connectivity index (χ1) is 16.4. The van der Waals surface area contributed by atoms with Crippen molar-refractivity contribution in [3.05, 3.63) is 48.0 Å². The van der Waals surface area contributed by atoms with Gasteiger partial charge in [-0.3, -0.25) is 14.0 Å². The Balaban J connectivity index is 1.73. The molecule has 2 aromatic rings. The number of anilines is 2. The lowest BCUT2D eigenvalue weighted by molar-refractivity contribution is -0.145. The van der Waals surface area contributed by atoms with Crippen molar-refractivity contribution in [1.29, 1.82) is 0 Å². The van der Waals surface area contributed by atoms with Gasteiger partial charge in [-0.25, -0.2) is 4.79 Å². The van der Waals surface area contributed by atoms with Crippen LogP contribution >= 0.6 is 0 Å². The minimum Gasteiger partial charge on any atom is -0.494 e. The number of para-hydroxylation sites is 1. The molecule has 2 aromatic carbocycles. The molecule has 10 heteroatoms. The number of halogens is 1.